The first-order valence-electron chi connectivity index (χ1n) is 13.7. The number of halogens is 1. The van der Waals surface area contributed by atoms with E-state index in [4.69, 9.17) is 15.2 Å². The van der Waals surface area contributed by atoms with E-state index in [9.17, 15) is 9.59 Å². The second-order valence-corrected chi connectivity index (χ2v) is 10.7. The number of nitrogens with zero attached hydrogens (tertiary/aromatic N) is 3. The largest absolute Gasteiger partial charge is 0.451 e. The lowest BCUT2D eigenvalue weighted by Crippen LogP contribution is -2.39. The van der Waals surface area contributed by atoms with Crippen molar-refractivity contribution in [2.75, 3.05) is 57.8 Å². The van der Waals surface area contributed by atoms with Gasteiger partial charge in [0.05, 0.1) is 24.3 Å². The first-order chi connectivity index (χ1) is 19.5. The Balaban J connectivity index is 1.38. The molecule has 206 valence electrons. The number of amides is 1. The molecule has 0 aliphatic carbocycles. The molecule has 3 aromatic carbocycles. The fraction of sp³-hybridized carbons (Fsp3) is 0.333. The molecule has 1 amide bonds. The van der Waals surface area contributed by atoms with Crippen molar-refractivity contribution in [3.63, 3.8) is 0 Å². The zero-order valence-electron chi connectivity index (χ0n) is 22.0. The molecule has 1 atom stereocenters. The van der Waals surface area contributed by atoms with E-state index in [1.165, 1.54) is 6.07 Å². The summed E-state index contributed by atoms with van der Waals surface area (Å²) in [6.07, 6.45) is 2.25. The van der Waals surface area contributed by atoms with Gasteiger partial charge in [0.2, 0.25) is 5.43 Å². The van der Waals surface area contributed by atoms with Gasteiger partial charge in [-0.3, -0.25) is 14.5 Å². The number of carbonyl (C=O) groups excluding carboxylic acids is 1. The zero-order chi connectivity index (χ0) is 27.4. The quantitative estimate of drug-likeness (QED) is 0.351. The van der Waals surface area contributed by atoms with Crippen LogP contribution in [0.15, 0.2) is 53.5 Å². The maximum Gasteiger partial charge on any atom is 0.259 e. The maximum absolute atomic E-state index is 15.7. The lowest BCUT2D eigenvalue weighted by molar-refractivity contribution is 0.0398. The van der Waals surface area contributed by atoms with Crippen molar-refractivity contribution < 1.29 is 18.7 Å². The van der Waals surface area contributed by atoms with Gasteiger partial charge in [-0.15, -0.1) is 0 Å². The van der Waals surface area contributed by atoms with Crippen LogP contribution in [0.2, 0.25) is 0 Å². The lowest BCUT2D eigenvalue weighted by atomic mass is 10.0. The number of nitrogens with one attached hydrogen (secondary N) is 1. The predicted octanol–water partition coefficient (Wildman–Crippen LogP) is 3.31. The van der Waals surface area contributed by atoms with E-state index < -0.39 is 17.2 Å². The average Bonchev–Trinajstić information content (AvgIpc) is 3.41. The van der Waals surface area contributed by atoms with Crippen LogP contribution in [-0.2, 0) is 4.74 Å². The molecule has 2 fully saturated rings. The Labute approximate surface area is 229 Å². The molecule has 7 rings (SSSR count). The summed E-state index contributed by atoms with van der Waals surface area (Å²) in [5, 5.41) is 5.25. The number of benzene rings is 3. The number of nitrogens with two attached hydrogens (primary N) is 1. The van der Waals surface area contributed by atoms with Crippen molar-refractivity contribution in [3.8, 4) is 17.2 Å². The maximum atomic E-state index is 15.7. The number of morpholine rings is 1. The highest BCUT2D eigenvalue weighted by Gasteiger charge is 2.31. The first kappa shape index (κ1) is 25.0. The van der Waals surface area contributed by atoms with Gasteiger partial charge in [-0.05, 0) is 35.4 Å². The van der Waals surface area contributed by atoms with Gasteiger partial charge in [0.25, 0.3) is 5.91 Å². The van der Waals surface area contributed by atoms with Crippen LogP contribution < -0.4 is 21.2 Å². The Kier molecular flexibility index (Phi) is 6.18. The summed E-state index contributed by atoms with van der Waals surface area (Å²) in [5.74, 6) is -0.254. The predicted molar refractivity (Wildman–Crippen MR) is 151 cm³/mol. The fourth-order valence-electron chi connectivity index (χ4n) is 5.93. The van der Waals surface area contributed by atoms with E-state index in [2.05, 4.69) is 10.2 Å². The Morgan fingerprint density at radius 3 is 2.62 bits per heavy atom. The van der Waals surface area contributed by atoms with Crippen molar-refractivity contribution in [3.05, 3.63) is 70.3 Å². The molecule has 4 heterocycles. The smallest absolute Gasteiger partial charge is 0.259 e. The van der Waals surface area contributed by atoms with Crippen molar-refractivity contribution in [2.24, 2.45) is 5.73 Å². The van der Waals surface area contributed by atoms with Gasteiger partial charge >= 0.3 is 0 Å². The molecular formula is C30H30FN5O4. The minimum Gasteiger partial charge on any atom is -0.451 e. The van der Waals surface area contributed by atoms with E-state index in [1.54, 1.807) is 15.7 Å². The highest BCUT2D eigenvalue weighted by molar-refractivity contribution is 6.02. The first-order valence-corrected chi connectivity index (χ1v) is 13.7. The van der Waals surface area contributed by atoms with Gasteiger partial charge in [-0.25, -0.2) is 4.39 Å². The Bertz CT molecular complexity index is 1710. The minimum atomic E-state index is -0.606. The summed E-state index contributed by atoms with van der Waals surface area (Å²) in [6, 6.07) is 12.8. The monoisotopic (exact) mass is 543 g/mol. The van der Waals surface area contributed by atoms with Crippen LogP contribution in [0.4, 0.5) is 10.1 Å². The topological polar surface area (TPSA) is 102 Å². The summed E-state index contributed by atoms with van der Waals surface area (Å²) in [5.41, 5.74) is 6.79. The molecular weight excluding hydrogens is 513 g/mol. The van der Waals surface area contributed by atoms with E-state index in [-0.39, 0.29) is 28.4 Å². The second-order valence-electron chi connectivity index (χ2n) is 10.7. The van der Waals surface area contributed by atoms with Crippen LogP contribution in [0.3, 0.4) is 0 Å². The number of carbonyl (C=O) groups is 1. The van der Waals surface area contributed by atoms with Crippen molar-refractivity contribution in [1.29, 1.82) is 0 Å². The van der Waals surface area contributed by atoms with Gasteiger partial charge in [-0.1, -0.05) is 24.3 Å². The fourth-order valence-corrected chi connectivity index (χ4v) is 5.93. The Hall–Kier alpha value is -3.99. The Morgan fingerprint density at radius 1 is 1.10 bits per heavy atom. The molecule has 4 aromatic rings. The summed E-state index contributed by atoms with van der Waals surface area (Å²) >= 11 is 0. The average molecular weight is 544 g/mol. The molecule has 0 saturated carbocycles. The SMILES string of the molecule is N[C@@H]1CCN(C(=O)c2cn3c4c(c(NCCN5CCOCC5)c(F)cc4c2=O)Oc2cc4ccccc4cc2-3)C1. The highest BCUT2D eigenvalue weighted by atomic mass is 19.1. The van der Waals surface area contributed by atoms with Crippen LogP contribution in [0.25, 0.3) is 27.4 Å². The number of likely N-dealkylation sites (tertiary alicyclic amines) is 1. The number of pyridine rings is 1. The van der Waals surface area contributed by atoms with E-state index in [0.29, 0.717) is 62.8 Å². The summed E-state index contributed by atoms with van der Waals surface area (Å²) < 4.78 is 29.3. The summed E-state index contributed by atoms with van der Waals surface area (Å²) in [7, 11) is 0. The molecule has 3 aliphatic heterocycles. The van der Waals surface area contributed by atoms with Gasteiger partial charge in [0.15, 0.2) is 17.3 Å². The van der Waals surface area contributed by atoms with Crippen LogP contribution in [-0.4, -0.2) is 78.8 Å². The van der Waals surface area contributed by atoms with Gasteiger partial charge in [0, 0.05) is 51.5 Å². The normalized spacial score (nSPS) is 18.6. The van der Waals surface area contributed by atoms with Crippen LogP contribution in [0, 0.1) is 5.82 Å². The van der Waals surface area contributed by atoms with Crippen molar-refractivity contribution in [1.82, 2.24) is 14.4 Å². The number of hydrogen-bond donors (Lipinski definition) is 2. The molecule has 2 saturated heterocycles. The number of hydrogen-bond acceptors (Lipinski definition) is 7. The molecule has 3 aliphatic rings. The summed E-state index contributed by atoms with van der Waals surface area (Å²) in [4.78, 5) is 31.1. The third-order valence-electron chi connectivity index (χ3n) is 8.07. The summed E-state index contributed by atoms with van der Waals surface area (Å²) in [6.45, 7) is 5.06. The second kappa shape index (κ2) is 9.88. The molecule has 9 nitrogen and oxygen atoms in total. The standard InChI is InChI=1S/C30H30FN5O4/c31-23-15-21-27-29(26(23)33-6-8-34-9-11-39-12-10-34)40-25-14-19-4-2-1-3-18(19)13-24(25)36(27)17-22(28(21)37)30(38)35-7-5-20(32)16-35/h1-4,13-15,17,20,33H,5-12,16,32H2/t20-/m1/s1. The minimum absolute atomic E-state index is 0.0130. The van der Waals surface area contributed by atoms with Gasteiger partial charge < -0.3 is 30.0 Å². The van der Waals surface area contributed by atoms with E-state index in [1.807, 2.05) is 36.4 Å². The molecule has 1 aromatic heterocycles. The van der Waals surface area contributed by atoms with Crippen molar-refractivity contribution >= 4 is 33.3 Å². The van der Waals surface area contributed by atoms with E-state index in [0.717, 1.165) is 23.9 Å². The number of fused-ring (bicyclic) bond motifs is 3. The third-order valence-corrected chi connectivity index (χ3v) is 8.07. The van der Waals surface area contributed by atoms with E-state index >= 15 is 4.39 Å². The van der Waals surface area contributed by atoms with Crippen LogP contribution in [0.5, 0.6) is 11.5 Å². The molecule has 0 radical (unpaired) electrons. The molecule has 3 N–H and O–H groups in total. The molecule has 0 unspecified atom stereocenters. The third kappa shape index (κ3) is 4.19. The van der Waals surface area contributed by atoms with Crippen LogP contribution in [0.1, 0.15) is 16.8 Å². The number of ether oxygens (including phenoxy) is 2. The van der Waals surface area contributed by atoms with Crippen LogP contribution >= 0.6 is 0 Å². The lowest BCUT2D eigenvalue weighted by Gasteiger charge is -2.28. The molecule has 0 spiro atoms. The zero-order valence-corrected chi connectivity index (χ0v) is 22.0. The molecule has 10 heteroatoms. The number of anilines is 1. The van der Waals surface area contributed by atoms with Gasteiger partial charge in [0.1, 0.15) is 16.8 Å². The number of aromatic nitrogens is 1. The number of rotatable bonds is 5. The van der Waals surface area contributed by atoms with Crippen molar-refractivity contribution in [2.45, 2.75) is 12.5 Å². The highest BCUT2D eigenvalue weighted by Crippen LogP contribution is 2.46. The molecule has 40 heavy (non-hydrogen) atoms. The Morgan fingerprint density at radius 2 is 1.88 bits per heavy atom. The van der Waals surface area contributed by atoms with Gasteiger partial charge in [-0.2, -0.15) is 0 Å². The molecule has 0 bridgehead atoms.